The Labute approximate surface area is 181 Å². The summed E-state index contributed by atoms with van der Waals surface area (Å²) in [6, 6.07) is 23.7. The van der Waals surface area contributed by atoms with Crippen LogP contribution in [0.3, 0.4) is 0 Å². The van der Waals surface area contributed by atoms with Crippen molar-refractivity contribution >= 4 is 39.7 Å². The number of rotatable bonds is 4. The van der Waals surface area contributed by atoms with Gasteiger partial charge in [-0.05, 0) is 60.7 Å². The number of H-pyrrole nitrogens is 1. The zero-order valence-electron chi connectivity index (χ0n) is 16.1. The lowest BCUT2D eigenvalue weighted by Crippen LogP contribution is -2.20. The molecule has 0 atom stereocenters. The van der Waals surface area contributed by atoms with Gasteiger partial charge in [-0.2, -0.15) is 0 Å². The van der Waals surface area contributed by atoms with Crippen LogP contribution < -0.4 is 10.4 Å². The average Bonchev–Trinajstić information content (AvgIpc) is 2.80. The van der Waals surface area contributed by atoms with E-state index in [9.17, 15) is 4.79 Å². The number of hydrogen-bond donors (Lipinski definition) is 1. The molecule has 2 heterocycles. The smallest absolute Gasteiger partial charge is 0.266 e. The van der Waals surface area contributed by atoms with E-state index in [2.05, 4.69) is 20.4 Å². The molecular weight excluding hydrogens is 410 g/mol. The second-order valence-electron chi connectivity index (χ2n) is 6.74. The van der Waals surface area contributed by atoms with Gasteiger partial charge in [0.25, 0.3) is 5.56 Å². The standard InChI is InChI=1S/C23H15N5O2S/c29-22-18-7-1-2-8-19(18)25-23(31)28(22)17-12-10-16(11-13-17)26-27-30-20-9-3-5-15-6-4-14-24-21(15)20/h1-14H,(H,25,31). The third kappa shape index (κ3) is 3.60. The summed E-state index contributed by atoms with van der Waals surface area (Å²) in [5, 5.41) is 9.44. The Kier molecular flexibility index (Phi) is 4.81. The van der Waals surface area contributed by atoms with Crippen molar-refractivity contribution in [3.05, 3.63) is 100 Å². The highest BCUT2D eigenvalue weighted by Crippen LogP contribution is 2.24. The Hall–Kier alpha value is -4.17. The van der Waals surface area contributed by atoms with E-state index in [0.29, 0.717) is 38.3 Å². The molecule has 0 unspecified atom stereocenters. The van der Waals surface area contributed by atoms with Crippen LogP contribution >= 0.6 is 12.2 Å². The van der Waals surface area contributed by atoms with Crippen molar-refractivity contribution in [2.24, 2.45) is 10.4 Å². The maximum atomic E-state index is 12.9. The SMILES string of the molecule is O=c1c2ccccc2[nH]c(=S)n1-c1ccc(N=NOc2cccc3cccnc23)cc1. The molecule has 1 N–H and O–H groups in total. The van der Waals surface area contributed by atoms with E-state index in [1.54, 1.807) is 42.6 Å². The Balaban J connectivity index is 1.41. The molecule has 2 aromatic heterocycles. The first kappa shape index (κ1) is 18.8. The number of nitrogens with zero attached hydrogens (tertiary/aromatic N) is 4. The fourth-order valence-corrected chi connectivity index (χ4v) is 3.62. The maximum Gasteiger partial charge on any atom is 0.266 e. The summed E-state index contributed by atoms with van der Waals surface area (Å²) in [4.78, 5) is 25.7. The number of benzene rings is 3. The second-order valence-corrected chi connectivity index (χ2v) is 7.12. The molecular formula is C23H15N5O2S. The highest BCUT2D eigenvalue weighted by molar-refractivity contribution is 7.71. The van der Waals surface area contributed by atoms with Crippen LogP contribution in [0.2, 0.25) is 0 Å². The molecule has 0 amide bonds. The lowest BCUT2D eigenvalue weighted by atomic mass is 10.2. The minimum Gasteiger partial charge on any atom is -0.337 e. The normalized spacial score (nSPS) is 11.4. The number of pyridine rings is 1. The van der Waals surface area contributed by atoms with E-state index < -0.39 is 0 Å². The zero-order valence-corrected chi connectivity index (χ0v) is 16.9. The summed E-state index contributed by atoms with van der Waals surface area (Å²) in [5.41, 5.74) is 2.44. The van der Waals surface area contributed by atoms with Crippen LogP contribution in [0.4, 0.5) is 5.69 Å². The van der Waals surface area contributed by atoms with Gasteiger partial charge >= 0.3 is 0 Å². The molecule has 0 spiro atoms. The summed E-state index contributed by atoms with van der Waals surface area (Å²) in [7, 11) is 0. The predicted octanol–water partition coefficient (Wildman–Crippen LogP) is 5.67. The Morgan fingerprint density at radius 3 is 2.61 bits per heavy atom. The van der Waals surface area contributed by atoms with Crippen molar-refractivity contribution in [3.63, 3.8) is 0 Å². The number of aromatic nitrogens is 3. The van der Waals surface area contributed by atoms with Gasteiger partial charge in [0.15, 0.2) is 10.5 Å². The fraction of sp³-hybridized carbons (Fsp3) is 0. The first-order chi connectivity index (χ1) is 15.2. The van der Waals surface area contributed by atoms with E-state index in [1.165, 1.54) is 4.57 Å². The number of aromatic amines is 1. The highest BCUT2D eigenvalue weighted by Gasteiger charge is 2.07. The third-order valence-electron chi connectivity index (χ3n) is 4.80. The molecule has 0 fully saturated rings. The molecule has 8 heteroatoms. The molecule has 0 aliphatic rings. The van der Waals surface area contributed by atoms with Gasteiger partial charge in [-0.15, -0.1) is 5.11 Å². The minimum atomic E-state index is -0.180. The number of para-hydroxylation sites is 2. The quantitative estimate of drug-likeness (QED) is 0.228. The van der Waals surface area contributed by atoms with Gasteiger partial charge in [-0.25, -0.2) is 0 Å². The van der Waals surface area contributed by atoms with E-state index >= 15 is 0 Å². The molecule has 3 aromatic carbocycles. The Bertz CT molecular complexity index is 1550. The van der Waals surface area contributed by atoms with Crippen LogP contribution in [0.1, 0.15) is 0 Å². The summed E-state index contributed by atoms with van der Waals surface area (Å²) in [5.74, 6) is 0.521. The van der Waals surface area contributed by atoms with Crippen LogP contribution in [0, 0.1) is 4.77 Å². The third-order valence-corrected chi connectivity index (χ3v) is 5.09. The summed E-state index contributed by atoms with van der Waals surface area (Å²) in [6.07, 6.45) is 1.70. The van der Waals surface area contributed by atoms with Crippen molar-refractivity contribution in [2.75, 3.05) is 0 Å². The van der Waals surface area contributed by atoms with Crippen LogP contribution in [0.25, 0.3) is 27.5 Å². The number of nitrogens with one attached hydrogen (secondary N) is 1. The lowest BCUT2D eigenvalue weighted by Gasteiger charge is -2.08. The molecule has 31 heavy (non-hydrogen) atoms. The highest BCUT2D eigenvalue weighted by atomic mass is 32.1. The summed E-state index contributed by atoms with van der Waals surface area (Å²) in [6.45, 7) is 0. The van der Waals surface area contributed by atoms with Gasteiger partial charge in [0.05, 0.1) is 22.3 Å². The van der Waals surface area contributed by atoms with Crippen molar-refractivity contribution < 1.29 is 4.84 Å². The van der Waals surface area contributed by atoms with E-state index in [1.807, 2.05) is 42.5 Å². The molecule has 150 valence electrons. The fourth-order valence-electron chi connectivity index (χ4n) is 3.33. The van der Waals surface area contributed by atoms with Crippen molar-refractivity contribution in [1.82, 2.24) is 14.5 Å². The largest absolute Gasteiger partial charge is 0.337 e. The van der Waals surface area contributed by atoms with Crippen molar-refractivity contribution in [3.8, 4) is 11.4 Å². The average molecular weight is 425 g/mol. The predicted molar refractivity (Wildman–Crippen MR) is 122 cm³/mol. The van der Waals surface area contributed by atoms with Crippen molar-refractivity contribution in [2.45, 2.75) is 0 Å². The van der Waals surface area contributed by atoms with Gasteiger partial charge in [-0.1, -0.05) is 30.3 Å². The van der Waals surface area contributed by atoms with Crippen LogP contribution in [-0.4, -0.2) is 14.5 Å². The Morgan fingerprint density at radius 1 is 0.935 bits per heavy atom. The molecule has 5 rings (SSSR count). The zero-order chi connectivity index (χ0) is 21.2. The van der Waals surface area contributed by atoms with Gasteiger partial charge in [0, 0.05) is 16.9 Å². The summed E-state index contributed by atoms with van der Waals surface area (Å²) >= 11 is 5.38. The van der Waals surface area contributed by atoms with Gasteiger partial charge in [0.2, 0.25) is 0 Å². The van der Waals surface area contributed by atoms with Gasteiger partial charge < -0.3 is 9.82 Å². The molecule has 7 nitrogen and oxygen atoms in total. The molecule has 5 aromatic rings. The van der Waals surface area contributed by atoms with Crippen LogP contribution in [0.5, 0.6) is 5.75 Å². The first-order valence-electron chi connectivity index (χ1n) is 9.47. The maximum absolute atomic E-state index is 12.9. The van der Waals surface area contributed by atoms with E-state index in [0.717, 1.165) is 5.39 Å². The Morgan fingerprint density at radius 2 is 1.74 bits per heavy atom. The van der Waals surface area contributed by atoms with E-state index in [-0.39, 0.29) is 5.56 Å². The van der Waals surface area contributed by atoms with Crippen LogP contribution in [0.15, 0.2) is 100 Å². The molecule has 0 saturated carbocycles. The molecule has 0 aliphatic heterocycles. The lowest BCUT2D eigenvalue weighted by molar-refractivity contribution is 0.316. The van der Waals surface area contributed by atoms with Gasteiger partial charge in [0.1, 0.15) is 5.52 Å². The van der Waals surface area contributed by atoms with E-state index in [4.69, 9.17) is 17.1 Å². The second kappa shape index (κ2) is 7.92. The minimum absolute atomic E-state index is 0.180. The number of hydrogen-bond acceptors (Lipinski definition) is 6. The number of fused-ring (bicyclic) bond motifs is 2. The van der Waals surface area contributed by atoms with Crippen molar-refractivity contribution in [1.29, 1.82) is 0 Å². The van der Waals surface area contributed by atoms with Gasteiger partial charge in [-0.3, -0.25) is 14.3 Å². The topological polar surface area (TPSA) is 84.6 Å². The monoisotopic (exact) mass is 425 g/mol. The molecule has 0 aliphatic carbocycles. The summed E-state index contributed by atoms with van der Waals surface area (Å²) < 4.78 is 1.78. The van der Waals surface area contributed by atoms with Crippen LogP contribution in [-0.2, 0) is 0 Å². The first-order valence-corrected chi connectivity index (χ1v) is 9.88. The molecule has 0 saturated heterocycles. The molecule has 0 bridgehead atoms. The molecule has 0 radical (unpaired) electrons.